The quantitative estimate of drug-likeness (QED) is 0.739. The first-order valence-electron chi connectivity index (χ1n) is 7.24. The molecule has 0 fully saturated rings. The standard InChI is InChI=1S/C18H23NO/c1-19-18(17-12-6-3-7-13-17)15-20-14-8-11-16-9-4-2-5-10-16/h2-7,9-10,12-13,18-19H,8,11,14-15H2,1H3. The van der Waals surface area contributed by atoms with E-state index in [-0.39, 0.29) is 6.04 Å². The summed E-state index contributed by atoms with van der Waals surface area (Å²) in [4.78, 5) is 0. The Morgan fingerprint density at radius 2 is 1.60 bits per heavy atom. The third-order valence-electron chi connectivity index (χ3n) is 3.43. The maximum absolute atomic E-state index is 5.80. The molecule has 1 atom stereocenters. The monoisotopic (exact) mass is 269 g/mol. The second kappa shape index (κ2) is 8.51. The van der Waals surface area contributed by atoms with E-state index in [0.29, 0.717) is 0 Å². The van der Waals surface area contributed by atoms with Crippen molar-refractivity contribution >= 4 is 0 Å². The lowest BCUT2D eigenvalue weighted by Gasteiger charge is -2.16. The van der Waals surface area contributed by atoms with Gasteiger partial charge in [0.05, 0.1) is 12.6 Å². The molecule has 0 spiro atoms. The largest absolute Gasteiger partial charge is 0.379 e. The van der Waals surface area contributed by atoms with Crippen LogP contribution in [0.5, 0.6) is 0 Å². The summed E-state index contributed by atoms with van der Waals surface area (Å²) in [5, 5.41) is 3.30. The molecule has 0 aliphatic heterocycles. The first-order valence-corrected chi connectivity index (χ1v) is 7.24. The predicted molar refractivity (Wildman–Crippen MR) is 83.8 cm³/mol. The highest BCUT2D eigenvalue weighted by Gasteiger charge is 2.08. The summed E-state index contributed by atoms with van der Waals surface area (Å²) >= 11 is 0. The highest BCUT2D eigenvalue weighted by atomic mass is 16.5. The number of hydrogen-bond donors (Lipinski definition) is 1. The third-order valence-corrected chi connectivity index (χ3v) is 3.43. The van der Waals surface area contributed by atoms with E-state index in [1.54, 1.807) is 0 Å². The fraction of sp³-hybridized carbons (Fsp3) is 0.333. The van der Waals surface area contributed by atoms with E-state index in [0.717, 1.165) is 26.1 Å². The second-order valence-corrected chi connectivity index (χ2v) is 4.92. The zero-order chi connectivity index (χ0) is 14.0. The topological polar surface area (TPSA) is 21.3 Å². The summed E-state index contributed by atoms with van der Waals surface area (Å²) in [7, 11) is 1.98. The van der Waals surface area contributed by atoms with Crippen molar-refractivity contribution in [2.75, 3.05) is 20.3 Å². The molecule has 0 bridgehead atoms. The Balaban J connectivity index is 1.67. The van der Waals surface area contributed by atoms with E-state index < -0.39 is 0 Å². The molecule has 0 aliphatic rings. The van der Waals surface area contributed by atoms with E-state index in [1.165, 1.54) is 11.1 Å². The second-order valence-electron chi connectivity index (χ2n) is 4.92. The van der Waals surface area contributed by atoms with Crippen LogP contribution in [0.15, 0.2) is 60.7 Å². The summed E-state index contributed by atoms with van der Waals surface area (Å²) in [6, 6.07) is 21.3. The van der Waals surface area contributed by atoms with Crippen LogP contribution in [-0.2, 0) is 11.2 Å². The predicted octanol–water partition coefficient (Wildman–Crippen LogP) is 3.60. The van der Waals surface area contributed by atoms with Crippen molar-refractivity contribution in [1.29, 1.82) is 0 Å². The fourth-order valence-electron chi connectivity index (χ4n) is 2.26. The van der Waals surface area contributed by atoms with Gasteiger partial charge in [0.1, 0.15) is 0 Å². The Morgan fingerprint density at radius 3 is 2.25 bits per heavy atom. The number of nitrogens with one attached hydrogen (secondary N) is 1. The average molecular weight is 269 g/mol. The van der Waals surface area contributed by atoms with Gasteiger partial charge in [-0.1, -0.05) is 60.7 Å². The lowest BCUT2D eigenvalue weighted by molar-refractivity contribution is 0.111. The summed E-state index contributed by atoms with van der Waals surface area (Å²) in [6.45, 7) is 1.52. The molecule has 106 valence electrons. The smallest absolute Gasteiger partial charge is 0.0661 e. The number of aryl methyl sites for hydroxylation is 1. The summed E-state index contributed by atoms with van der Waals surface area (Å²) < 4.78 is 5.80. The molecule has 1 N–H and O–H groups in total. The molecule has 0 radical (unpaired) electrons. The molecule has 2 nitrogen and oxygen atoms in total. The SMILES string of the molecule is CNC(COCCCc1ccccc1)c1ccccc1. The van der Waals surface area contributed by atoms with Gasteiger partial charge in [-0.15, -0.1) is 0 Å². The molecule has 1 unspecified atom stereocenters. The van der Waals surface area contributed by atoms with Crippen LogP contribution >= 0.6 is 0 Å². The Bertz CT molecular complexity index is 469. The van der Waals surface area contributed by atoms with Gasteiger partial charge in [0.15, 0.2) is 0 Å². The van der Waals surface area contributed by atoms with Gasteiger partial charge < -0.3 is 10.1 Å². The highest BCUT2D eigenvalue weighted by molar-refractivity contribution is 5.18. The molecule has 0 amide bonds. The number of ether oxygens (including phenoxy) is 1. The van der Waals surface area contributed by atoms with Gasteiger partial charge in [-0.3, -0.25) is 0 Å². The van der Waals surface area contributed by atoms with Gasteiger partial charge in [-0.2, -0.15) is 0 Å². The molecule has 0 heterocycles. The van der Waals surface area contributed by atoms with Crippen LogP contribution in [-0.4, -0.2) is 20.3 Å². The van der Waals surface area contributed by atoms with Crippen LogP contribution in [0.2, 0.25) is 0 Å². The molecule has 0 saturated carbocycles. The Hall–Kier alpha value is -1.64. The Labute approximate surface area is 121 Å². The van der Waals surface area contributed by atoms with Crippen molar-refractivity contribution in [3.63, 3.8) is 0 Å². The van der Waals surface area contributed by atoms with Gasteiger partial charge in [-0.05, 0) is 31.0 Å². The highest BCUT2D eigenvalue weighted by Crippen LogP contribution is 2.12. The van der Waals surface area contributed by atoms with Crippen LogP contribution in [0.1, 0.15) is 23.6 Å². The normalized spacial score (nSPS) is 12.2. The molecule has 2 heteroatoms. The van der Waals surface area contributed by atoms with Crippen LogP contribution < -0.4 is 5.32 Å². The van der Waals surface area contributed by atoms with Gasteiger partial charge >= 0.3 is 0 Å². The number of hydrogen-bond acceptors (Lipinski definition) is 2. The maximum atomic E-state index is 5.80. The molecule has 0 aliphatic carbocycles. The molecule has 2 aromatic rings. The van der Waals surface area contributed by atoms with E-state index in [4.69, 9.17) is 4.74 Å². The summed E-state index contributed by atoms with van der Waals surface area (Å²) in [6.07, 6.45) is 2.14. The lowest BCUT2D eigenvalue weighted by Crippen LogP contribution is -2.22. The van der Waals surface area contributed by atoms with E-state index in [2.05, 4.69) is 59.9 Å². The number of rotatable bonds is 8. The van der Waals surface area contributed by atoms with Gasteiger partial charge in [-0.25, -0.2) is 0 Å². The zero-order valence-corrected chi connectivity index (χ0v) is 12.1. The zero-order valence-electron chi connectivity index (χ0n) is 12.1. The minimum atomic E-state index is 0.271. The van der Waals surface area contributed by atoms with Crippen molar-refractivity contribution in [3.8, 4) is 0 Å². The molecular weight excluding hydrogens is 246 g/mol. The van der Waals surface area contributed by atoms with Gasteiger partial charge in [0.2, 0.25) is 0 Å². The summed E-state index contributed by atoms with van der Waals surface area (Å²) in [5.41, 5.74) is 2.65. The lowest BCUT2D eigenvalue weighted by atomic mass is 10.1. The molecule has 2 rings (SSSR count). The molecule has 2 aromatic carbocycles. The Morgan fingerprint density at radius 1 is 0.950 bits per heavy atom. The van der Waals surface area contributed by atoms with Crippen molar-refractivity contribution in [3.05, 3.63) is 71.8 Å². The molecular formula is C18H23NO. The van der Waals surface area contributed by atoms with Crippen LogP contribution in [0.3, 0.4) is 0 Å². The first kappa shape index (κ1) is 14.8. The minimum Gasteiger partial charge on any atom is -0.379 e. The van der Waals surface area contributed by atoms with Crippen LogP contribution in [0.4, 0.5) is 0 Å². The van der Waals surface area contributed by atoms with E-state index >= 15 is 0 Å². The maximum Gasteiger partial charge on any atom is 0.0661 e. The van der Waals surface area contributed by atoms with E-state index in [1.807, 2.05) is 13.1 Å². The van der Waals surface area contributed by atoms with Crippen molar-refractivity contribution < 1.29 is 4.74 Å². The third kappa shape index (κ3) is 4.80. The van der Waals surface area contributed by atoms with Gasteiger partial charge in [0.25, 0.3) is 0 Å². The average Bonchev–Trinajstić information content (AvgIpc) is 2.53. The fourth-order valence-corrected chi connectivity index (χ4v) is 2.26. The van der Waals surface area contributed by atoms with Gasteiger partial charge in [0, 0.05) is 6.61 Å². The molecule has 20 heavy (non-hydrogen) atoms. The van der Waals surface area contributed by atoms with Crippen molar-refractivity contribution in [2.24, 2.45) is 0 Å². The van der Waals surface area contributed by atoms with Crippen molar-refractivity contribution in [1.82, 2.24) is 5.32 Å². The summed E-state index contributed by atoms with van der Waals surface area (Å²) in [5.74, 6) is 0. The van der Waals surface area contributed by atoms with Crippen LogP contribution in [0, 0.1) is 0 Å². The molecule has 0 aromatic heterocycles. The minimum absolute atomic E-state index is 0.271. The first-order chi connectivity index (χ1) is 9.90. The van der Waals surface area contributed by atoms with E-state index in [9.17, 15) is 0 Å². The number of benzene rings is 2. The molecule has 0 saturated heterocycles. The van der Waals surface area contributed by atoms with Crippen LogP contribution in [0.25, 0.3) is 0 Å². The Kier molecular flexibility index (Phi) is 6.28. The number of likely N-dealkylation sites (N-methyl/N-ethyl adjacent to an activating group) is 1. The van der Waals surface area contributed by atoms with Crippen molar-refractivity contribution in [2.45, 2.75) is 18.9 Å².